The van der Waals surface area contributed by atoms with Crippen LogP contribution in [0.4, 0.5) is 4.39 Å². The number of nitrogens with one attached hydrogen (secondary N) is 2. The molecule has 0 saturated carbocycles. The number of carbonyl (C=O) groups excluding carboxylic acids is 1. The lowest BCUT2D eigenvalue weighted by Gasteiger charge is -2.07. The van der Waals surface area contributed by atoms with E-state index in [2.05, 4.69) is 10.3 Å². The summed E-state index contributed by atoms with van der Waals surface area (Å²) in [5, 5.41) is 12.6. The fraction of sp³-hybridized carbons (Fsp3) is 0.273. The van der Waals surface area contributed by atoms with Crippen molar-refractivity contribution >= 4 is 44.4 Å². The molecule has 5 nitrogen and oxygen atoms in total. The first kappa shape index (κ1) is 22.2. The summed E-state index contributed by atoms with van der Waals surface area (Å²) in [5.74, 6) is 0.176. The van der Waals surface area contributed by atoms with Crippen molar-refractivity contribution in [3.05, 3.63) is 59.9 Å². The van der Waals surface area contributed by atoms with Crippen LogP contribution in [0.3, 0.4) is 0 Å². The molecule has 0 fully saturated rings. The van der Waals surface area contributed by atoms with E-state index in [9.17, 15) is 14.0 Å². The zero-order chi connectivity index (χ0) is 21.3. The highest BCUT2D eigenvalue weighted by atomic mass is 33.1. The Morgan fingerprint density at radius 1 is 1.00 bits per heavy atom. The van der Waals surface area contributed by atoms with E-state index in [4.69, 9.17) is 5.11 Å². The number of hydrogen-bond acceptors (Lipinski definition) is 4. The number of aromatic amines is 1. The van der Waals surface area contributed by atoms with Gasteiger partial charge in [-0.3, -0.25) is 9.59 Å². The van der Waals surface area contributed by atoms with Gasteiger partial charge in [0.05, 0.1) is 6.42 Å². The molecule has 1 heterocycles. The first-order valence-corrected chi connectivity index (χ1v) is 12.1. The number of aryl methyl sites for hydroxylation is 1. The van der Waals surface area contributed by atoms with Crippen LogP contribution in [0.15, 0.2) is 48.5 Å². The molecule has 30 heavy (non-hydrogen) atoms. The molecule has 8 heteroatoms. The fourth-order valence-electron chi connectivity index (χ4n) is 3.13. The van der Waals surface area contributed by atoms with Crippen LogP contribution in [0.2, 0.25) is 0 Å². The average molecular weight is 447 g/mol. The molecule has 0 atom stereocenters. The first-order valence-electron chi connectivity index (χ1n) is 9.63. The number of H-pyrrole nitrogens is 1. The number of carbonyl (C=O) groups is 2. The van der Waals surface area contributed by atoms with Gasteiger partial charge in [-0.05, 0) is 47.9 Å². The number of hydrogen-bond donors (Lipinski definition) is 3. The number of fused-ring (bicyclic) bond motifs is 1. The number of benzene rings is 2. The second kappa shape index (κ2) is 11.1. The van der Waals surface area contributed by atoms with Gasteiger partial charge >= 0.3 is 5.97 Å². The van der Waals surface area contributed by atoms with Crippen molar-refractivity contribution < 1.29 is 19.1 Å². The third-order valence-electron chi connectivity index (χ3n) is 4.54. The summed E-state index contributed by atoms with van der Waals surface area (Å²) in [6.07, 6.45) is 1.07. The summed E-state index contributed by atoms with van der Waals surface area (Å²) in [7, 11) is 3.06. The van der Waals surface area contributed by atoms with E-state index in [1.807, 2.05) is 24.3 Å². The van der Waals surface area contributed by atoms with E-state index in [0.29, 0.717) is 25.1 Å². The van der Waals surface area contributed by atoms with E-state index in [-0.39, 0.29) is 18.1 Å². The van der Waals surface area contributed by atoms with Crippen LogP contribution in [-0.4, -0.2) is 40.0 Å². The minimum absolute atomic E-state index is 0.0264. The van der Waals surface area contributed by atoms with Crippen LogP contribution in [0.5, 0.6) is 0 Å². The molecular weight excluding hydrogens is 423 g/mol. The normalized spacial score (nSPS) is 11.0. The molecule has 0 bridgehead atoms. The number of aliphatic carboxylic acids is 1. The van der Waals surface area contributed by atoms with Gasteiger partial charge in [0, 0.05) is 41.1 Å². The smallest absolute Gasteiger partial charge is 0.304 e. The zero-order valence-electron chi connectivity index (χ0n) is 16.3. The molecule has 3 rings (SSSR count). The van der Waals surface area contributed by atoms with Gasteiger partial charge in [-0.15, -0.1) is 0 Å². The average Bonchev–Trinajstić information content (AvgIpc) is 3.10. The predicted octanol–water partition coefficient (Wildman–Crippen LogP) is 4.88. The van der Waals surface area contributed by atoms with Gasteiger partial charge in [-0.2, -0.15) is 0 Å². The Labute approximate surface area is 182 Å². The maximum Gasteiger partial charge on any atom is 0.304 e. The number of halogens is 1. The van der Waals surface area contributed by atoms with Crippen LogP contribution in [0, 0.1) is 5.82 Å². The van der Waals surface area contributed by atoms with Gasteiger partial charge in [0.1, 0.15) is 5.82 Å². The monoisotopic (exact) mass is 446 g/mol. The largest absolute Gasteiger partial charge is 0.481 e. The van der Waals surface area contributed by atoms with Crippen LogP contribution in [0.1, 0.15) is 18.4 Å². The minimum atomic E-state index is -0.798. The Morgan fingerprint density at radius 2 is 1.73 bits per heavy atom. The van der Waals surface area contributed by atoms with Gasteiger partial charge < -0.3 is 15.4 Å². The highest BCUT2D eigenvalue weighted by molar-refractivity contribution is 8.76. The van der Waals surface area contributed by atoms with E-state index < -0.39 is 5.97 Å². The molecule has 0 radical (unpaired) electrons. The molecule has 0 aliphatic heterocycles. The number of para-hydroxylation sites is 1. The molecule has 0 unspecified atom stereocenters. The van der Waals surface area contributed by atoms with Gasteiger partial charge in [0.15, 0.2) is 0 Å². The molecule has 0 aliphatic carbocycles. The third-order valence-corrected chi connectivity index (χ3v) is 6.95. The Kier molecular flexibility index (Phi) is 8.21. The van der Waals surface area contributed by atoms with Crippen LogP contribution in [-0.2, 0) is 16.0 Å². The number of carboxylic acids is 1. The lowest BCUT2D eigenvalue weighted by molar-refractivity contribution is -0.136. The number of carboxylic acid groups (broad SMARTS) is 1. The van der Waals surface area contributed by atoms with Crippen molar-refractivity contribution in [3.63, 3.8) is 0 Å². The minimum Gasteiger partial charge on any atom is -0.481 e. The van der Waals surface area contributed by atoms with E-state index >= 15 is 0 Å². The van der Waals surface area contributed by atoms with Gasteiger partial charge in [-0.1, -0.05) is 39.8 Å². The molecule has 1 amide bonds. The van der Waals surface area contributed by atoms with Crippen molar-refractivity contribution in [1.82, 2.24) is 10.3 Å². The highest BCUT2D eigenvalue weighted by Crippen LogP contribution is 2.31. The van der Waals surface area contributed by atoms with E-state index in [0.717, 1.165) is 33.5 Å². The predicted molar refractivity (Wildman–Crippen MR) is 122 cm³/mol. The first-order chi connectivity index (χ1) is 14.5. The standard InChI is InChI=1S/C22H23FN2O3S2/c23-16-7-5-15(6-8-16)22-18(17-3-1-2-4-19(17)25-22)9-10-20(26)24-12-14-30-29-13-11-21(27)28/h1-8,25H,9-14H2,(H,24,26)(H,27,28). The molecule has 1 aromatic heterocycles. The number of rotatable bonds is 11. The molecule has 3 aromatic rings. The fourth-order valence-corrected chi connectivity index (χ4v) is 5.01. The Hall–Kier alpha value is -2.45. The third kappa shape index (κ3) is 6.27. The summed E-state index contributed by atoms with van der Waals surface area (Å²) >= 11 is 0. The summed E-state index contributed by atoms with van der Waals surface area (Å²) in [5.41, 5.74) is 3.83. The van der Waals surface area contributed by atoms with Crippen molar-refractivity contribution in [3.8, 4) is 11.3 Å². The Morgan fingerprint density at radius 3 is 2.50 bits per heavy atom. The summed E-state index contributed by atoms with van der Waals surface area (Å²) < 4.78 is 13.3. The van der Waals surface area contributed by atoms with Crippen molar-refractivity contribution in [1.29, 1.82) is 0 Å². The summed E-state index contributed by atoms with van der Waals surface area (Å²) in [4.78, 5) is 26.1. The second-order valence-corrected chi connectivity index (χ2v) is 9.37. The lowest BCUT2D eigenvalue weighted by atomic mass is 10.0. The second-order valence-electron chi connectivity index (χ2n) is 6.67. The maximum absolute atomic E-state index is 13.3. The Balaban J connectivity index is 1.56. The molecule has 158 valence electrons. The maximum atomic E-state index is 13.3. The highest BCUT2D eigenvalue weighted by Gasteiger charge is 2.14. The van der Waals surface area contributed by atoms with Crippen LogP contribution >= 0.6 is 21.6 Å². The van der Waals surface area contributed by atoms with Crippen molar-refractivity contribution in [2.75, 3.05) is 18.1 Å². The van der Waals surface area contributed by atoms with Crippen molar-refractivity contribution in [2.24, 2.45) is 0 Å². The van der Waals surface area contributed by atoms with Crippen molar-refractivity contribution in [2.45, 2.75) is 19.3 Å². The molecular formula is C22H23FN2O3S2. The van der Waals surface area contributed by atoms with Gasteiger partial charge in [-0.25, -0.2) is 4.39 Å². The van der Waals surface area contributed by atoms with Gasteiger partial charge in [0.25, 0.3) is 0 Å². The zero-order valence-corrected chi connectivity index (χ0v) is 18.0. The number of amides is 1. The molecule has 0 aliphatic rings. The quantitative estimate of drug-likeness (QED) is 0.289. The number of aromatic nitrogens is 1. The molecule has 0 saturated heterocycles. The Bertz CT molecular complexity index is 1010. The molecule has 3 N–H and O–H groups in total. The topological polar surface area (TPSA) is 82.2 Å². The van der Waals surface area contributed by atoms with Crippen LogP contribution < -0.4 is 5.32 Å². The lowest BCUT2D eigenvalue weighted by Crippen LogP contribution is -2.25. The summed E-state index contributed by atoms with van der Waals surface area (Å²) in [6.45, 7) is 0.544. The SMILES string of the molecule is O=C(O)CCSSCCNC(=O)CCc1c(-c2ccc(F)cc2)[nH]c2ccccc12. The molecule has 2 aromatic carbocycles. The van der Waals surface area contributed by atoms with E-state index in [1.54, 1.807) is 22.9 Å². The van der Waals surface area contributed by atoms with Gasteiger partial charge in [0.2, 0.25) is 5.91 Å². The van der Waals surface area contributed by atoms with Crippen LogP contribution in [0.25, 0.3) is 22.2 Å². The summed E-state index contributed by atoms with van der Waals surface area (Å²) in [6, 6.07) is 14.3. The molecule has 0 spiro atoms. The van der Waals surface area contributed by atoms with E-state index in [1.165, 1.54) is 22.9 Å².